The fourth-order valence-electron chi connectivity index (χ4n) is 4.01. The summed E-state index contributed by atoms with van der Waals surface area (Å²) in [4.78, 5) is 24.3. The number of carbonyl (C=O) groups excluding carboxylic acids is 1. The molecular weight excluding hydrogens is 614 g/mol. The van der Waals surface area contributed by atoms with Gasteiger partial charge in [0.15, 0.2) is 10.7 Å². The molecule has 5 aromatic rings. The summed E-state index contributed by atoms with van der Waals surface area (Å²) in [7, 11) is 0. The van der Waals surface area contributed by atoms with Crippen LogP contribution < -0.4 is 10.9 Å². The molecule has 3 aromatic carbocycles. The van der Waals surface area contributed by atoms with Crippen LogP contribution in [0.15, 0.2) is 85.1 Å². The van der Waals surface area contributed by atoms with Gasteiger partial charge in [-0.3, -0.25) is 10.1 Å². The fourth-order valence-corrected chi connectivity index (χ4v) is 6.26. The Balaban J connectivity index is 1.63. The predicted octanol–water partition coefficient (Wildman–Crippen LogP) is 8.75. The van der Waals surface area contributed by atoms with Crippen molar-refractivity contribution in [1.29, 1.82) is 0 Å². The number of hydrogen-bond donors (Lipinski definition) is 1. The number of amides is 1. The summed E-state index contributed by atoms with van der Waals surface area (Å²) in [5.41, 5.74) is 5.97. The van der Waals surface area contributed by atoms with Crippen molar-refractivity contribution in [2.24, 2.45) is 4.99 Å². The number of nitrogens with zero attached hydrogens (tertiary/aromatic N) is 2. The number of benzene rings is 3. The van der Waals surface area contributed by atoms with Crippen LogP contribution in [0.2, 0.25) is 0 Å². The lowest BCUT2D eigenvalue weighted by Crippen LogP contribution is -2.21. The molecule has 0 saturated heterocycles. The summed E-state index contributed by atoms with van der Waals surface area (Å²) in [5.74, 6) is -0.332. The van der Waals surface area contributed by atoms with E-state index in [0.29, 0.717) is 16.3 Å². The molecule has 5 rings (SSSR count). The van der Waals surface area contributed by atoms with Crippen molar-refractivity contribution in [3.05, 3.63) is 103 Å². The van der Waals surface area contributed by atoms with Crippen molar-refractivity contribution in [3.8, 4) is 11.3 Å². The van der Waals surface area contributed by atoms with Crippen LogP contribution in [0.3, 0.4) is 0 Å². The lowest BCUT2D eigenvalue weighted by Gasteiger charge is -2.08. The van der Waals surface area contributed by atoms with Gasteiger partial charge in [0.1, 0.15) is 5.56 Å². The summed E-state index contributed by atoms with van der Waals surface area (Å²) in [5, 5.41) is 4.30. The van der Waals surface area contributed by atoms with Crippen LogP contribution in [-0.4, -0.2) is 10.9 Å². The molecule has 0 aliphatic carbocycles. The van der Waals surface area contributed by atoms with E-state index in [4.69, 9.17) is 14.4 Å². The fraction of sp³-hybridized carbons (Fsp3) is 0.138. The van der Waals surface area contributed by atoms with Crippen LogP contribution in [-0.2, 0) is 6.42 Å². The van der Waals surface area contributed by atoms with Crippen LogP contribution >= 0.6 is 43.2 Å². The summed E-state index contributed by atoms with van der Waals surface area (Å²) < 4.78 is 7.88. The molecule has 0 fully saturated rings. The summed E-state index contributed by atoms with van der Waals surface area (Å²) in [6, 6.07) is 21.5. The molecule has 186 valence electrons. The molecule has 1 N–H and O–H groups in total. The van der Waals surface area contributed by atoms with Crippen molar-refractivity contribution in [3.63, 3.8) is 0 Å². The van der Waals surface area contributed by atoms with Crippen molar-refractivity contribution in [2.75, 3.05) is 5.32 Å². The van der Waals surface area contributed by atoms with Gasteiger partial charge >= 0.3 is 0 Å². The molecular formula is C29H23Br2N3O2S. The van der Waals surface area contributed by atoms with Gasteiger partial charge in [-0.25, -0.2) is 9.98 Å². The molecule has 2 aromatic heterocycles. The van der Waals surface area contributed by atoms with Gasteiger partial charge in [-0.1, -0.05) is 65.3 Å². The minimum atomic E-state index is -0.332. The quantitative estimate of drug-likeness (QED) is 0.210. The van der Waals surface area contributed by atoms with Crippen LogP contribution in [0, 0.1) is 13.8 Å². The lowest BCUT2D eigenvalue weighted by molar-refractivity contribution is 0.102. The van der Waals surface area contributed by atoms with Gasteiger partial charge in [0.05, 0.1) is 15.9 Å². The first kappa shape index (κ1) is 25.6. The first-order chi connectivity index (χ1) is 17.8. The van der Waals surface area contributed by atoms with E-state index in [-0.39, 0.29) is 11.5 Å². The van der Waals surface area contributed by atoms with Gasteiger partial charge in [-0.05, 0) is 71.6 Å². The van der Waals surface area contributed by atoms with E-state index in [9.17, 15) is 4.79 Å². The second-order valence-corrected chi connectivity index (χ2v) is 11.4. The smallest absolute Gasteiger partial charge is 0.262 e. The molecule has 0 radical (unpaired) electrons. The summed E-state index contributed by atoms with van der Waals surface area (Å²) >= 11 is 8.58. The van der Waals surface area contributed by atoms with E-state index in [2.05, 4.69) is 44.1 Å². The maximum Gasteiger partial charge on any atom is 0.262 e. The van der Waals surface area contributed by atoms with E-state index in [1.165, 1.54) is 11.3 Å². The number of carbonyl (C=O) groups is 1. The van der Waals surface area contributed by atoms with Crippen molar-refractivity contribution in [2.45, 2.75) is 27.2 Å². The van der Waals surface area contributed by atoms with Gasteiger partial charge in [-0.15, -0.1) is 11.3 Å². The predicted molar refractivity (Wildman–Crippen MR) is 158 cm³/mol. The molecule has 8 heteroatoms. The highest BCUT2D eigenvalue weighted by molar-refractivity contribution is 9.11. The largest absolute Gasteiger partial charge is 0.436 e. The molecule has 0 atom stereocenters. The molecule has 0 bridgehead atoms. The highest BCUT2D eigenvalue weighted by atomic mass is 79.9. The van der Waals surface area contributed by atoms with Gasteiger partial charge < -0.3 is 4.42 Å². The topological polar surface area (TPSA) is 67.5 Å². The number of halogens is 2. The molecule has 1 amide bonds. The number of anilines is 1. The Bertz CT molecular complexity index is 1710. The van der Waals surface area contributed by atoms with Crippen LogP contribution in [0.25, 0.3) is 22.2 Å². The minimum Gasteiger partial charge on any atom is -0.436 e. The molecule has 0 spiro atoms. The third-order valence-corrected chi connectivity index (χ3v) is 8.26. The van der Waals surface area contributed by atoms with E-state index in [1.807, 2.05) is 74.5 Å². The van der Waals surface area contributed by atoms with Crippen LogP contribution in [0.1, 0.15) is 33.3 Å². The third kappa shape index (κ3) is 5.32. The zero-order chi connectivity index (χ0) is 26.1. The average molecular weight is 637 g/mol. The van der Waals surface area contributed by atoms with E-state index >= 15 is 0 Å². The van der Waals surface area contributed by atoms with Gasteiger partial charge in [0, 0.05) is 20.3 Å². The van der Waals surface area contributed by atoms with Crippen LogP contribution in [0.5, 0.6) is 0 Å². The Morgan fingerprint density at radius 1 is 1.05 bits per heavy atom. The SMILES string of the molecule is CCc1sc(NC(=O)c2cc3cc(Br)cc(Br)c3oc2=Nc2cccc(C)c2C)nc1-c1ccccc1. The highest BCUT2D eigenvalue weighted by Gasteiger charge is 2.19. The van der Waals surface area contributed by atoms with E-state index in [1.54, 1.807) is 6.07 Å². The van der Waals surface area contributed by atoms with E-state index < -0.39 is 0 Å². The monoisotopic (exact) mass is 635 g/mol. The molecule has 0 aliphatic heterocycles. The number of hydrogen-bond acceptors (Lipinski definition) is 5. The van der Waals surface area contributed by atoms with E-state index in [0.717, 1.165) is 53.7 Å². The van der Waals surface area contributed by atoms with Crippen LogP contribution in [0.4, 0.5) is 10.8 Å². The molecule has 0 aliphatic rings. The number of fused-ring (bicyclic) bond motifs is 1. The third-order valence-electron chi connectivity index (χ3n) is 6.09. The second kappa shape index (κ2) is 10.7. The zero-order valence-electron chi connectivity index (χ0n) is 20.4. The maximum absolute atomic E-state index is 13.6. The Kier molecular flexibility index (Phi) is 7.42. The molecule has 5 nitrogen and oxygen atoms in total. The number of nitrogens with one attached hydrogen (secondary N) is 1. The van der Waals surface area contributed by atoms with Gasteiger partial charge in [0.2, 0.25) is 5.55 Å². The molecule has 0 unspecified atom stereocenters. The maximum atomic E-state index is 13.6. The average Bonchev–Trinajstić information content (AvgIpc) is 3.30. The van der Waals surface area contributed by atoms with Gasteiger partial charge in [-0.2, -0.15) is 0 Å². The first-order valence-electron chi connectivity index (χ1n) is 11.7. The second-order valence-electron chi connectivity index (χ2n) is 8.57. The van der Waals surface area contributed by atoms with Crippen molar-refractivity contribution >= 4 is 70.9 Å². The Labute approximate surface area is 235 Å². The molecule has 37 heavy (non-hydrogen) atoms. The highest BCUT2D eigenvalue weighted by Crippen LogP contribution is 2.32. The summed E-state index contributed by atoms with van der Waals surface area (Å²) in [6.45, 7) is 6.13. The minimum absolute atomic E-state index is 0.234. The van der Waals surface area contributed by atoms with Crippen molar-refractivity contribution < 1.29 is 9.21 Å². The number of aryl methyl sites for hydroxylation is 2. The standard InChI is InChI=1S/C29H23Br2N3O2S/c1-4-24-25(18-10-6-5-7-11-18)33-29(37-24)34-27(35)21-14-19-13-20(30)15-22(31)26(19)36-28(21)32-23-12-8-9-16(2)17(23)3/h5-15H,4H2,1-3H3,(H,33,34,35). The first-order valence-corrected chi connectivity index (χ1v) is 14.1. The number of rotatable bonds is 5. The summed E-state index contributed by atoms with van der Waals surface area (Å²) in [6.07, 6.45) is 0.818. The van der Waals surface area contributed by atoms with Crippen molar-refractivity contribution in [1.82, 2.24) is 4.98 Å². The van der Waals surface area contributed by atoms with Gasteiger partial charge in [0.25, 0.3) is 5.91 Å². The number of aromatic nitrogens is 1. The lowest BCUT2D eigenvalue weighted by atomic mass is 10.1. The normalized spacial score (nSPS) is 11.8. The Hall–Kier alpha value is -3.07. The zero-order valence-corrected chi connectivity index (χ0v) is 24.4. The Morgan fingerprint density at radius 3 is 2.59 bits per heavy atom. The molecule has 2 heterocycles. The number of thiazole rings is 1. The Morgan fingerprint density at radius 2 is 1.84 bits per heavy atom. The molecule has 0 saturated carbocycles.